The van der Waals surface area contributed by atoms with Gasteiger partial charge in [-0.25, -0.2) is 0 Å². The van der Waals surface area contributed by atoms with Crippen LogP contribution in [-0.2, 0) is 42.9 Å². The molecule has 2 aromatic carbocycles. The van der Waals surface area contributed by atoms with Crippen LogP contribution in [0.1, 0.15) is 27.7 Å². The van der Waals surface area contributed by atoms with Crippen LogP contribution >= 0.6 is 0 Å². The highest BCUT2D eigenvalue weighted by molar-refractivity contribution is 5.84. The maximum absolute atomic E-state index is 13.2. The van der Waals surface area contributed by atoms with Gasteiger partial charge in [0.1, 0.15) is 24.6 Å². The first-order valence-corrected chi connectivity index (χ1v) is 12.8. The van der Waals surface area contributed by atoms with E-state index >= 15 is 0 Å². The summed E-state index contributed by atoms with van der Waals surface area (Å²) in [6.07, 6.45) is -5.95. The molecule has 1 aliphatic heterocycles. The van der Waals surface area contributed by atoms with Gasteiger partial charge >= 0.3 is 23.9 Å². The van der Waals surface area contributed by atoms with E-state index in [2.05, 4.69) is 0 Å². The quantitative estimate of drug-likeness (QED) is 0.302. The molecule has 1 aliphatic rings. The Morgan fingerprint density at radius 2 is 1.45 bits per heavy atom. The Labute approximate surface area is 238 Å². The molecule has 0 aliphatic carbocycles. The Bertz CT molecular complexity index is 1540. The smallest absolute Gasteiger partial charge is 0.303 e. The van der Waals surface area contributed by atoms with Gasteiger partial charge in [-0.1, -0.05) is 30.3 Å². The van der Waals surface area contributed by atoms with E-state index in [1.807, 2.05) is 0 Å². The van der Waals surface area contributed by atoms with E-state index in [-0.39, 0.29) is 22.3 Å². The molecule has 222 valence electrons. The molecule has 1 aromatic heterocycles. The number of aromatic hydroxyl groups is 1. The molecular weight excluding hydrogens is 556 g/mol. The first-order chi connectivity index (χ1) is 19.9. The van der Waals surface area contributed by atoms with Crippen LogP contribution in [0.25, 0.3) is 22.1 Å². The van der Waals surface area contributed by atoms with Gasteiger partial charge in [0.15, 0.2) is 23.7 Å². The summed E-state index contributed by atoms with van der Waals surface area (Å²) < 4.78 is 38.6. The summed E-state index contributed by atoms with van der Waals surface area (Å²) in [6, 6.07) is 11.2. The molecular formula is C29H28O13. The zero-order valence-corrected chi connectivity index (χ0v) is 23.1. The van der Waals surface area contributed by atoms with Crippen molar-refractivity contribution in [2.45, 2.75) is 58.4 Å². The first-order valence-electron chi connectivity index (χ1n) is 12.8. The summed E-state index contributed by atoms with van der Waals surface area (Å²) in [5, 5.41) is 10.9. The monoisotopic (exact) mass is 584 g/mol. The van der Waals surface area contributed by atoms with Gasteiger partial charge in [0.05, 0.1) is 10.9 Å². The minimum absolute atomic E-state index is 0.0538. The summed E-state index contributed by atoms with van der Waals surface area (Å²) >= 11 is 0. The summed E-state index contributed by atoms with van der Waals surface area (Å²) in [7, 11) is 0. The molecule has 1 N–H and O–H groups in total. The van der Waals surface area contributed by atoms with Gasteiger partial charge in [-0.05, 0) is 11.6 Å². The van der Waals surface area contributed by atoms with Crippen LogP contribution in [0.4, 0.5) is 0 Å². The summed E-state index contributed by atoms with van der Waals surface area (Å²) in [6.45, 7) is 3.95. The Kier molecular flexibility index (Phi) is 9.11. The van der Waals surface area contributed by atoms with Gasteiger partial charge in [0.25, 0.3) is 0 Å². The lowest BCUT2D eigenvalue weighted by Crippen LogP contribution is -2.63. The second-order valence-electron chi connectivity index (χ2n) is 9.35. The second kappa shape index (κ2) is 12.7. The minimum Gasteiger partial charge on any atom is -0.504 e. The van der Waals surface area contributed by atoms with Gasteiger partial charge < -0.3 is 37.9 Å². The van der Waals surface area contributed by atoms with Gasteiger partial charge in [-0.2, -0.15) is 0 Å². The number of carbonyl (C=O) groups excluding carboxylic acids is 4. The van der Waals surface area contributed by atoms with E-state index in [0.29, 0.717) is 5.56 Å². The zero-order chi connectivity index (χ0) is 30.6. The van der Waals surface area contributed by atoms with Gasteiger partial charge in [-0.15, -0.1) is 0 Å². The van der Waals surface area contributed by atoms with E-state index < -0.39 is 72.4 Å². The SMILES string of the molecule is CC(=O)OC[C@H]1O[C@@H](Oc2cc3occ(-c4ccccc4)c(=O)c3cc2O)[C@H](OC(C)=O)[C@@H](OC(C)=O)[C@@H]1OC(C)=O. The van der Waals surface area contributed by atoms with Crippen LogP contribution in [-0.4, -0.2) is 66.3 Å². The van der Waals surface area contributed by atoms with Crippen molar-refractivity contribution in [2.24, 2.45) is 0 Å². The van der Waals surface area contributed by atoms with Crippen LogP contribution in [0.3, 0.4) is 0 Å². The molecule has 2 heterocycles. The lowest BCUT2D eigenvalue weighted by molar-refractivity contribution is -0.288. The summed E-state index contributed by atoms with van der Waals surface area (Å²) in [5.74, 6) is -3.85. The van der Waals surface area contributed by atoms with Crippen molar-refractivity contribution in [3.63, 3.8) is 0 Å². The minimum atomic E-state index is -1.59. The van der Waals surface area contributed by atoms with E-state index in [4.69, 9.17) is 32.8 Å². The molecule has 0 radical (unpaired) electrons. The van der Waals surface area contributed by atoms with Crippen molar-refractivity contribution in [1.82, 2.24) is 0 Å². The highest BCUT2D eigenvalue weighted by Gasteiger charge is 2.53. The Morgan fingerprint density at radius 1 is 0.833 bits per heavy atom. The molecule has 13 heteroatoms. The summed E-state index contributed by atoms with van der Waals surface area (Å²) in [5.41, 5.74) is 0.538. The Morgan fingerprint density at radius 3 is 2.07 bits per heavy atom. The Hall–Kier alpha value is -4.91. The van der Waals surface area contributed by atoms with Crippen molar-refractivity contribution in [3.8, 4) is 22.6 Å². The van der Waals surface area contributed by atoms with Crippen molar-refractivity contribution in [1.29, 1.82) is 0 Å². The fraction of sp³-hybridized carbons (Fsp3) is 0.345. The highest BCUT2D eigenvalue weighted by Crippen LogP contribution is 2.36. The maximum Gasteiger partial charge on any atom is 0.303 e. The molecule has 4 rings (SSSR count). The molecule has 42 heavy (non-hydrogen) atoms. The van der Waals surface area contributed by atoms with Crippen molar-refractivity contribution in [2.75, 3.05) is 6.61 Å². The lowest BCUT2D eigenvalue weighted by atomic mass is 9.98. The van der Waals surface area contributed by atoms with E-state index in [1.54, 1.807) is 30.3 Å². The number of esters is 4. The molecule has 0 amide bonds. The zero-order valence-electron chi connectivity index (χ0n) is 23.1. The fourth-order valence-electron chi connectivity index (χ4n) is 4.47. The molecule has 5 atom stereocenters. The van der Waals surface area contributed by atoms with E-state index in [9.17, 15) is 29.1 Å². The molecule has 1 fully saturated rings. The summed E-state index contributed by atoms with van der Waals surface area (Å²) in [4.78, 5) is 60.7. The van der Waals surface area contributed by atoms with Crippen molar-refractivity contribution < 1.29 is 57.1 Å². The normalized spacial score (nSPS) is 21.7. The first kappa shape index (κ1) is 30.1. The van der Waals surface area contributed by atoms with Crippen LogP contribution in [0.2, 0.25) is 0 Å². The number of rotatable bonds is 8. The molecule has 0 spiro atoms. The number of phenolic OH excluding ortho intramolecular Hbond substituents is 1. The van der Waals surface area contributed by atoms with Crippen LogP contribution < -0.4 is 10.2 Å². The van der Waals surface area contributed by atoms with Gasteiger partial charge in [0.2, 0.25) is 17.8 Å². The molecule has 3 aromatic rings. The second-order valence-corrected chi connectivity index (χ2v) is 9.35. The molecule has 0 unspecified atom stereocenters. The van der Waals surface area contributed by atoms with Gasteiger partial charge in [-0.3, -0.25) is 24.0 Å². The lowest BCUT2D eigenvalue weighted by Gasteiger charge is -2.43. The average Bonchev–Trinajstić information content (AvgIpc) is 2.91. The molecule has 13 nitrogen and oxygen atoms in total. The van der Waals surface area contributed by atoms with Crippen molar-refractivity contribution >= 4 is 34.8 Å². The fourth-order valence-corrected chi connectivity index (χ4v) is 4.47. The third-order valence-electron chi connectivity index (χ3n) is 6.13. The van der Waals surface area contributed by atoms with Crippen molar-refractivity contribution in [3.05, 3.63) is 59.0 Å². The average molecular weight is 585 g/mol. The molecule has 1 saturated heterocycles. The standard InChI is InChI=1S/C29H28O13/c1-14(30)36-13-24-26(38-15(2)31)27(39-16(3)32)28(40-17(4)33)29(42-24)41-23-11-22-19(10-21(23)34)25(35)20(12-37-22)18-8-6-5-7-9-18/h5-12,24,26-29,34H,13H2,1-4H3/t24-,26-,27+,28-,29-/m1/s1. The van der Waals surface area contributed by atoms with Crippen LogP contribution in [0, 0.1) is 0 Å². The van der Waals surface area contributed by atoms with Crippen LogP contribution in [0.15, 0.2) is 57.9 Å². The van der Waals surface area contributed by atoms with Crippen LogP contribution in [0.5, 0.6) is 11.5 Å². The highest BCUT2D eigenvalue weighted by atomic mass is 16.7. The number of carbonyl (C=O) groups is 4. The number of hydrogen-bond acceptors (Lipinski definition) is 13. The maximum atomic E-state index is 13.2. The topological polar surface area (TPSA) is 174 Å². The predicted octanol–water partition coefficient (Wildman–Crippen LogP) is 2.63. The van der Waals surface area contributed by atoms with E-state index in [0.717, 1.165) is 33.8 Å². The molecule has 0 bridgehead atoms. The van der Waals surface area contributed by atoms with Gasteiger partial charge in [0, 0.05) is 33.8 Å². The molecule has 0 saturated carbocycles. The van der Waals surface area contributed by atoms with E-state index in [1.165, 1.54) is 12.3 Å². The number of hydrogen-bond donors (Lipinski definition) is 1. The number of phenols is 1. The third kappa shape index (κ3) is 6.86. The third-order valence-corrected chi connectivity index (χ3v) is 6.13. The number of benzene rings is 2. The Balaban J connectivity index is 1.74. The largest absolute Gasteiger partial charge is 0.504 e. The number of ether oxygens (including phenoxy) is 6. The number of fused-ring (bicyclic) bond motifs is 1. The predicted molar refractivity (Wildman–Crippen MR) is 142 cm³/mol.